The molecule has 0 aliphatic heterocycles. The van der Waals surface area contributed by atoms with Gasteiger partial charge in [0.05, 0.1) is 12.0 Å². The highest BCUT2D eigenvalue weighted by Crippen LogP contribution is 2.41. The number of halogens is 4. The van der Waals surface area contributed by atoms with E-state index in [9.17, 15) is 31.7 Å². The molecule has 1 aromatic rings. The predicted octanol–water partition coefficient (Wildman–Crippen LogP) is 1.82. The van der Waals surface area contributed by atoms with Gasteiger partial charge in [0.2, 0.25) is 11.6 Å². The largest absolute Gasteiger partial charge is 0.574 e. The first-order valence-corrected chi connectivity index (χ1v) is 6.70. The lowest BCUT2D eigenvalue weighted by Gasteiger charge is -2.12. The maximum Gasteiger partial charge on any atom is 0.574 e. The summed E-state index contributed by atoms with van der Waals surface area (Å²) in [6.07, 6.45) is -4.92. The fourth-order valence-electron chi connectivity index (χ4n) is 1.18. The lowest BCUT2D eigenvalue weighted by molar-refractivity contribution is -0.386. The summed E-state index contributed by atoms with van der Waals surface area (Å²) in [5.74, 6) is -2.49. The molecule has 1 heterocycles. The third-order valence-electron chi connectivity index (χ3n) is 1.79. The third-order valence-corrected chi connectivity index (χ3v) is 3.10. The van der Waals surface area contributed by atoms with Crippen molar-refractivity contribution in [1.82, 2.24) is 4.98 Å². The molecule has 0 aliphatic carbocycles. The molecule has 0 saturated carbocycles. The normalized spacial score (nSPS) is 12.1. The average molecular weight is 337 g/mol. The lowest BCUT2D eigenvalue weighted by atomic mass is 10.4. The van der Waals surface area contributed by atoms with Crippen LogP contribution in [0.15, 0.2) is 11.1 Å². The van der Waals surface area contributed by atoms with Crippen molar-refractivity contribution in [3.8, 4) is 11.6 Å². The van der Waals surface area contributed by atoms with Gasteiger partial charge in [0, 0.05) is 10.7 Å². The van der Waals surface area contributed by atoms with Crippen LogP contribution in [0, 0.1) is 10.1 Å². The fourth-order valence-corrected chi connectivity index (χ4v) is 2.30. The second-order valence-corrected chi connectivity index (χ2v) is 5.56. The standard InChI is InChI=1S/C7H4ClF3N2O6S/c1-18-4-3(13(14)15)2-12-6(19-7(9,10)11)5(4)20(8,16)17/h2H,1H3. The number of ether oxygens (including phenoxy) is 2. The van der Waals surface area contributed by atoms with Crippen LogP contribution in [0.3, 0.4) is 0 Å². The van der Waals surface area contributed by atoms with Crippen LogP contribution in [0.4, 0.5) is 18.9 Å². The minimum atomic E-state index is -5.27. The van der Waals surface area contributed by atoms with E-state index in [1.54, 1.807) is 0 Å². The molecule has 0 atom stereocenters. The van der Waals surface area contributed by atoms with Gasteiger partial charge in [-0.15, -0.1) is 13.2 Å². The van der Waals surface area contributed by atoms with E-state index in [-0.39, 0.29) is 0 Å². The van der Waals surface area contributed by atoms with Gasteiger partial charge in [-0.05, 0) is 0 Å². The molecule has 0 bridgehead atoms. The van der Waals surface area contributed by atoms with Gasteiger partial charge in [-0.1, -0.05) is 0 Å². The molecular weight excluding hydrogens is 333 g/mol. The quantitative estimate of drug-likeness (QED) is 0.468. The number of pyridine rings is 1. The van der Waals surface area contributed by atoms with Crippen LogP contribution in [0.5, 0.6) is 11.6 Å². The predicted molar refractivity (Wildman–Crippen MR) is 57.2 cm³/mol. The molecular formula is C7H4ClF3N2O6S. The molecule has 0 aliphatic rings. The highest BCUT2D eigenvalue weighted by Gasteiger charge is 2.39. The molecule has 0 aromatic carbocycles. The van der Waals surface area contributed by atoms with E-state index >= 15 is 0 Å². The maximum atomic E-state index is 12.1. The molecule has 0 spiro atoms. The summed E-state index contributed by atoms with van der Waals surface area (Å²) in [6.45, 7) is 0. The van der Waals surface area contributed by atoms with Gasteiger partial charge in [-0.3, -0.25) is 10.1 Å². The Hall–Kier alpha value is -1.82. The minimum absolute atomic E-state index is 0.353. The van der Waals surface area contributed by atoms with Crippen molar-refractivity contribution in [1.29, 1.82) is 0 Å². The molecule has 0 unspecified atom stereocenters. The van der Waals surface area contributed by atoms with Gasteiger partial charge in [-0.25, -0.2) is 13.4 Å². The van der Waals surface area contributed by atoms with Crippen molar-refractivity contribution < 1.29 is 36.0 Å². The Labute approximate surface area is 113 Å². The number of hydrogen-bond donors (Lipinski definition) is 0. The van der Waals surface area contributed by atoms with Crippen LogP contribution >= 0.6 is 10.7 Å². The first-order valence-electron chi connectivity index (χ1n) is 4.39. The molecule has 8 nitrogen and oxygen atoms in total. The van der Waals surface area contributed by atoms with Crippen molar-refractivity contribution in [2.45, 2.75) is 11.3 Å². The molecule has 112 valence electrons. The van der Waals surface area contributed by atoms with Crippen LogP contribution in [0.1, 0.15) is 0 Å². The number of aromatic nitrogens is 1. The number of methoxy groups -OCH3 is 1. The summed E-state index contributed by atoms with van der Waals surface area (Å²) in [7, 11) is 0.897. The summed E-state index contributed by atoms with van der Waals surface area (Å²) >= 11 is 0. The van der Waals surface area contributed by atoms with Gasteiger partial charge in [-0.2, -0.15) is 0 Å². The Morgan fingerprint density at radius 2 is 2.00 bits per heavy atom. The maximum absolute atomic E-state index is 12.1. The van der Waals surface area contributed by atoms with Crippen molar-refractivity contribution in [3.63, 3.8) is 0 Å². The van der Waals surface area contributed by atoms with Crippen LogP contribution < -0.4 is 9.47 Å². The monoisotopic (exact) mass is 336 g/mol. The first kappa shape index (κ1) is 16.2. The Balaban J connectivity index is 3.68. The second-order valence-electron chi connectivity index (χ2n) is 3.05. The number of nitrogens with zero attached hydrogens (tertiary/aromatic N) is 2. The molecule has 1 rings (SSSR count). The van der Waals surface area contributed by atoms with E-state index in [0.29, 0.717) is 6.20 Å². The van der Waals surface area contributed by atoms with Crippen LogP contribution in [0.25, 0.3) is 0 Å². The molecule has 0 N–H and O–H groups in total. The van der Waals surface area contributed by atoms with Crippen LogP contribution in [-0.4, -0.2) is 31.8 Å². The fraction of sp³-hybridized carbons (Fsp3) is 0.286. The average Bonchev–Trinajstić information content (AvgIpc) is 2.23. The Morgan fingerprint density at radius 1 is 1.45 bits per heavy atom. The van der Waals surface area contributed by atoms with E-state index < -0.39 is 42.5 Å². The van der Waals surface area contributed by atoms with Crippen LogP contribution in [0.2, 0.25) is 0 Å². The Morgan fingerprint density at radius 3 is 2.35 bits per heavy atom. The molecule has 0 radical (unpaired) electrons. The first-order chi connectivity index (χ1) is 8.97. The van der Waals surface area contributed by atoms with Crippen molar-refractivity contribution >= 4 is 25.4 Å². The topological polar surface area (TPSA) is 109 Å². The van der Waals surface area contributed by atoms with Gasteiger partial charge in [0.25, 0.3) is 9.05 Å². The zero-order valence-corrected chi connectivity index (χ0v) is 10.9. The van der Waals surface area contributed by atoms with E-state index in [0.717, 1.165) is 7.11 Å². The van der Waals surface area contributed by atoms with E-state index in [4.69, 9.17) is 10.7 Å². The highest BCUT2D eigenvalue weighted by molar-refractivity contribution is 8.13. The highest BCUT2D eigenvalue weighted by atomic mass is 35.7. The van der Waals surface area contributed by atoms with Crippen molar-refractivity contribution in [3.05, 3.63) is 16.3 Å². The van der Waals surface area contributed by atoms with Gasteiger partial charge >= 0.3 is 12.0 Å². The molecule has 0 saturated heterocycles. The smallest absolute Gasteiger partial charge is 0.489 e. The van der Waals surface area contributed by atoms with Gasteiger partial charge in [0.15, 0.2) is 4.90 Å². The molecule has 20 heavy (non-hydrogen) atoms. The van der Waals surface area contributed by atoms with E-state index in [1.165, 1.54) is 0 Å². The van der Waals surface area contributed by atoms with Gasteiger partial charge < -0.3 is 9.47 Å². The van der Waals surface area contributed by atoms with E-state index in [1.807, 2.05) is 0 Å². The van der Waals surface area contributed by atoms with Crippen LogP contribution in [-0.2, 0) is 9.05 Å². The SMILES string of the molecule is COc1c([N+](=O)[O-])cnc(OC(F)(F)F)c1S(=O)(=O)Cl. The zero-order valence-electron chi connectivity index (χ0n) is 9.34. The zero-order chi connectivity index (χ0) is 15.7. The summed E-state index contributed by atoms with van der Waals surface area (Å²) in [5.41, 5.74) is -0.985. The van der Waals surface area contributed by atoms with Gasteiger partial charge in [0.1, 0.15) is 6.20 Å². The minimum Gasteiger partial charge on any atom is -0.489 e. The number of rotatable bonds is 4. The summed E-state index contributed by atoms with van der Waals surface area (Å²) < 4.78 is 66.7. The van der Waals surface area contributed by atoms with E-state index in [2.05, 4.69) is 14.5 Å². The number of nitro groups is 1. The number of alkyl halides is 3. The molecule has 0 amide bonds. The summed E-state index contributed by atoms with van der Waals surface area (Å²) in [6, 6.07) is 0. The molecule has 1 aromatic heterocycles. The number of hydrogen-bond acceptors (Lipinski definition) is 7. The molecule has 0 fully saturated rings. The summed E-state index contributed by atoms with van der Waals surface area (Å²) in [4.78, 5) is 11.1. The lowest BCUT2D eigenvalue weighted by Crippen LogP contribution is -2.20. The summed E-state index contributed by atoms with van der Waals surface area (Å²) in [5, 5.41) is 10.6. The van der Waals surface area contributed by atoms with Crippen molar-refractivity contribution in [2.75, 3.05) is 7.11 Å². The van der Waals surface area contributed by atoms with Crippen molar-refractivity contribution in [2.24, 2.45) is 0 Å². The second kappa shape index (κ2) is 5.28. The Bertz CT molecular complexity index is 647. The third kappa shape index (κ3) is 3.60. The Kier molecular flexibility index (Phi) is 4.29. The molecule has 13 heteroatoms.